The molecule has 0 amide bonds. The first-order valence-electron chi connectivity index (χ1n) is 13.8. The van der Waals surface area contributed by atoms with Crippen molar-refractivity contribution in [1.82, 2.24) is 0 Å². The standard InChI is InChI=1S/C9H8O4.C9H6O3.2C9H8O3/c10-7-3-1-6(5-8(7)11)2-4-9(12)13;10-7-3-1-6-2-4-9(11)12-8(6)5-7;10-8-4-1-7(2-5-8)3-6-9(11)12;10-8-4-2-1-3-7(8)5-6-9(11)12/h1-5,10-11H,(H,12,13);1-5,10H;2*1-6,10H,(H,11,12). The van der Waals surface area contributed by atoms with E-state index in [1.54, 1.807) is 48.5 Å². The van der Waals surface area contributed by atoms with Crippen LogP contribution in [0.1, 0.15) is 16.7 Å². The van der Waals surface area contributed by atoms with Gasteiger partial charge in [-0.2, -0.15) is 0 Å². The van der Waals surface area contributed by atoms with Gasteiger partial charge in [0.15, 0.2) is 11.5 Å². The maximum atomic E-state index is 10.7. The largest absolute Gasteiger partial charge is 0.508 e. The molecule has 0 fully saturated rings. The summed E-state index contributed by atoms with van der Waals surface area (Å²) in [7, 11) is 0. The molecule has 0 saturated heterocycles. The van der Waals surface area contributed by atoms with Crippen molar-refractivity contribution in [2.24, 2.45) is 0 Å². The van der Waals surface area contributed by atoms with Gasteiger partial charge in [0.25, 0.3) is 0 Å². The summed E-state index contributed by atoms with van der Waals surface area (Å²) in [6.07, 6.45) is 7.11. The fourth-order valence-corrected chi connectivity index (χ4v) is 3.40. The Morgan fingerprint density at radius 1 is 0.510 bits per heavy atom. The molecule has 1 aromatic heterocycles. The van der Waals surface area contributed by atoms with Crippen molar-refractivity contribution in [3.63, 3.8) is 0 Å². The molecule has 5 rings (SSSR count). The maximum absolute atomic E-state index is 10.7. The smallest absolute Gasteiger partial charge is 0.336 e. The average molecular weight is 671 g/mol. The molecule has 0 aliphatic rings. The fraction of sp³-hybridized carbons (Fsp3) is 0. The molecule has 49 heavy (non-hydrogen) atoms. The van der Waals surface area contributed by atoms with E-state index in [-0.39, 0.29) is 28.7 Å². The quantitative estimate of drug-likeness (QED) is 0.0617. The third-order valence-electron chi connectivity index (χ3n) is 5.68. The normalized spacial score (nSPS) is 10.4. The summed E-state index contributed by atoms with van der Waals surface area (Å²) in [5.74, 6) is -3.23. The van der Waals surface area contributed by atoms with Gasteiger partial charge in [0.1, 0.15) is 22.8 Å². The lowest BCUT2D eigenvalue weighted by molar-refractivity contribution is -0.132. The van der Waals surface area contributed by atoms with Crippen molar-refractivity contribution in [2.45, 2.75) is 0 Å². The monoisotopic (exact) mass is 670 g/mol. The molecule has 252 valence electrons. The van der Waals surface area contributed by atoms with Gasteiger partial charge in [-0.1, -0.05) is 36.4 Å². The number of phenols is 5. The summed E-state index contributed by atoms with van der Waals surface area (Å²) in [6, 6.07) is 24.5. The highest BCUT2D eigenvalue weighted by atomic mass is 16.4. The highest BCUT2D eigenvalue weighted by Gasteiger charge is 1.99. The maximum Gasteiger partial charge on any atom is 0.336 e. The first-order chi connectivity index (χ1) is 23.2. The second-order valence-electron chi connectivity index (χ2n) is 9.39. The van der Waals surface area contributed by atoms with Gasteiger partial charge in [-0.15, -0.1) is 0 Å². The molecule has 0 unspecified atom stereocenters. The van der Waals surface area contributed by atoms with E-state index in [2.05, 4.69) is 0 Å². The minimum Gasteiger partial charge on any atom is -0.508 e. The van der Waals surface area contributed by atoms with Gasteiger partial charge in [-0.05, 0) is 77.9 Å². The second-order valence-corrected chi connectivity index (χ2v) is 9.39. The van der Waals surface area contributed by atoms with Crippen LogP contribution in [0.4, 0.5) is 0 Å². The lowest BCUT2D eigenvalue weighted by Crippen LogP contribution is -1.93. The summed E-state index contributed by atoms with van der Waals surface area (Å²) in [5.41, 5.74) is 1.75. The Morgan fingerprint density at radius 3 is 1.63 bits per heavy atom. The first-order valence-corrected chi connectivity index (χ1v) is 13.8. The Kier molecular flexibility index (Phi) is 14.9. The van der Waals surface area contributed by atoms with Crippen LogP contribution in [0.15, 0.2) is 125 Å². The molecule has 8 N–H and O–H groups in total. The van der Waals surface area contributed by atoms with Crippen molar-refractivity contribution in [1.29, 1.82) is 0 Å². The van der Waals surface area contributed by atoms with Gasteiger partial charge in [0, 0.05) is 41.3 Å². The van der Waals surface area contributed by atoms with Gasteiger partial charge in [0.2, 0.25) is 0 Å². The van der Waals surface area contributed by atoms with Gasteiger partial charge in [-0.25, -0.2) is 19.2 Å². The number of para-hydroxylation sites is 1. The molecule has 5 aromatic rings. The molecule has 13 heteroatoms. The molecule has 13 nitrogen and oxygen atoms in total. The van der Waals surface area contributed by atoms with E-state index < -0.39 is 23.5 Å². The lowest BCUT2D eigenvalue weighted by atomic mass is 10.2. The van der Waals surface area contributed by atoms with Crippen LogP contribution in [0.25, 0.3) is 29.2 Å². The van der Waals surface area contributed by atoms with Crippen molar-refractivity contribution >= 4 is 47.1 Å². The van der Waals surface area contributed by atoms with Gasteiger partial charge in [-0.3, -0.25) is 0 Å². The topological polar surface area (TPSA) is 243 Å². The fourth-order valence-electron chi connectivity index (χ4n) is 3.40. The Bertz CT molecular complexity index is 2020. The van der Waals surface area contributed by atoms with Gasteiger partial charge >= 0.3 is 23.5 Å². The van der Waals surface area contributed by atoms with Crippen molar-refractivity contribution < 1.29 is 59.7 Å². The van der Waals surface area contributed by atoms with Crippen LogP contribution in [0.5, 0.6) is 28.7 Å². The Balaban J connectivity index is 0.000000227. The Hall–Kier alpha value is -7.28. The summed E-state index contributed by atoms with van der Waals surface area (Å²) < 4.78 is 4.83. The van der Waals surface area contributed by atoms with E-state index in [0.29, 0.717) is 16.7 Å². The van der Waals surface area contributed by atoms with E-state index in [1.807, 2.05) is 0 Å². The molecule has 0 aliphatic carbocycles. The van der Waals surface area contributed by atoms with Crippen molar-refractivity contribution in [3.05, 3.63) is 142 Å². The number of carbonyl (C=O) groups is 3. The number of carboxylic acid groups (broad SMARTS) is 3. The zero-order chi connectivity index (χ0) is 36.3. The average Bonchev–Trinajstić information content (AvgIpc) is 3.05. The van der Waals surface area contributed by atoms with E-state index in [9.17, 15) is 24.3 Å². The van der Waals surface area contributed by atoms with Crippen LogP contribution >= 0.6 is 0 Å². The summed E-state index contributed by atoms with van der Waals surface area (Å²) >= 11 is 0. The molecule has 0 aliphatic heterocycles. The molecule has 0 bridgehead atoms. The number of phenolic OH excluding ortho intramolecular Hbond substituents is 5. The number of carboxylic acids is 3. The van der Waals surface area contributed by atoms with Gasteiger partial charge < -0.3 is 45.3 Å². The number of aliphatic carboxylic acids is 3. The summed E-state index contributed by atoms with van der Waals surface area (Å²) in [6.45, 7) is 0. The second kappa shape index (κ2) is 19.3. The van der Waals surface area contributed by atoms with Crippen LogP contribution in [0.3, 0.4) is 0 Å². The van der Waals surface area contributed by atoms with Crippen LogP contribution in [-0.2, 0) is 14.4 Å². The minimum absolute atomic E-state index is 0.0787. The number of rotatable bonds is 6. The molecule has 1 heterocycles. The zero-order valence-corrected chi connectivity index (χ0v) is 25.3. The zero-order valence-electron chi connectivity index (χ0n) is 25.3. The lowest BCUT2D eigenvalue weighted by Gasteiger charge is -1.97. The van der Waals surface area contributed by atoms with E-state index in [0.717, 1.165) is 29.2 Å². The summed E-state index contributed by atoms with van der Waals surface area (Å²) in [5, 5.41) is 70.8. The minimum atomic E-state index is -1.06. The van der Waals surface area contributed by atoms with E-state index >= 15 is 0 Å². The third-order valence-corrected chi connectivity index (χ3v) is 5.68. The molecule has 0 saturated carbocycles. The molecular weight excluding hydrogens is 640 g/mol. The van der Waals surface area contributed by atoms with Gasteiger partial charge in [0.05, 0.1) is 0 Å². The predicted octanol–water partition coefficient (Wildman–Crippen LogP) is 5.67. The number of hydrogen-bond acceptors (Lipinski definition) is 10. The third kappa shape index (κ3) is 15.0. The Labute approximate surface area is 277 Å². The molecule has 0 atom stereocenters. The highest BCUT2D eigenvalue weighted by Crippen LogP contribution is 2.25. The van der Waals surface area contributed by atoms with Crippen LogP contribution in [0, 0.1) is 0 Å². The van der Waals surface area contributed by atoms with Crippen molar-refractivity contribution in [3.8, 4) is 28.7 Å². The number of aromatic hydroxyl groups is 5. The molecular formula is C36H30O13. The Morgan fingerprint density at radius 2 is 1.04 bits per heavy atom. The summed E-state index contributed by atoms with van der Waals surface area (Å²) in [4.78, 5) is 41.1. The number of benzene rings is 4. The van der Waals surface area contributed by atoms with E-state index in [4.69, 9.17) is 40.2 Å². The molecule has 0 spiro atoms. The van der Waals surface area contributed by atoms with Crippen molar-refractivity contribution in [2.75, 3.05) is 0 Å². The number of fused-ring (bicyclic) bond motifs is 1. The molecule has 4 aromatic carbocycles. The predicted molar refractivity (Wildman–Crippen MR) is 180 cm³/mol. The van der Waals surface area contributed by atoms with Crippen LogP contribution in [-0.4, -0.2) is 58.8 Å². The van der Waals surface area contributed by atoms with Crippen LogP contribution < -0.4 is 5.63 Å². The SMILES string of the molecule is O=C(O)C=Cc1ccc(O)c(O)c1.O=C(O)C=Cc1ccc(O)cc1.O=C(O)C=Cc1ccccc1O.O=c1ccc2ccc(O)cc2o1. The number of hydrogen-bond donors (Lipinski definition) is 8. The van der Waals surface area contributed by atoms with E-state index in [1.165, 1.54) is 66.8 Å². The van der Waals surface area contributed by atoms with Crippen LogP contribution in [0.2, 0.25) is 0 Å². The highest BCUT2D eigenvalue weighted by molar-refractivity contribution is 5.86. The molecule has 0 radical (unpaired) electrons. The first kappa shape index (κ1) is 37.9.